The number of nitrogens with zero attached hydrogens (tertiary/aromatic N) is 1. The number of rotatable bonds is 3. The molecule has 13 heavy (non-hydrogen) atoms. The summed E-state index contributed by atoms with van der Waals surface area (Å²) in [5.41, 5.74) is 0. The third kappa shape index (κ3) is 6.05. The summed E-state index contributed by atoms with van der Waals surface area (Å²) in [5.74, 6) is 0. The van der Waals surface area contributed by atoms with Crippen molar-refractivity contribution in [1.82, 2.24) is 4.90 Å². The van der Waals surface area contributed by atoms with E-state index in [9.17, 15) is 0 Å². The van der Waals surface area contributed by atoms with Crippen molar-refractivity contribution in [3.8, 4) is 0 Å². The second-order valence-corrected chi connectivity index (χ2v) is 3.37. The maximum atomic E-state index is 5.65. The molecule has 1 heterocycles. The van der Waals surface area contributed by atoms with E-state index in [1.165, 1.54) is 25.9 Å². The van der Waals surface area contributed by atoms with Gasteiger partial charge < -0.3 is 9.64 Å². The fourth-order valence-corrected chi connectivity index (χ4v) is 1.44. The molecule has 2 nitrogen and oxygen atoms in total. The van der Waals surface area contributed by atoms with Crippen LogP contribution in [0.2, 0.25) is 0 Å². The zero-order valence-electron chi connectivity index (χ0n) is 9.68. The molecule has 1 rings (SSSR count). The van der Waals surface area contributed by atoms with Gasteiger partial charge in [-0.3, -0.25) is 0 Å². The van der Waals surface area contributed by atoms with Crippen molar-refractivity contribution in [3.05, 3.63) is 0 Å². The van der Waals surface area contributed by atoms with Crippen LogP contribution in [0.15, 0.2) is 0 Å². The molecular weight excluding hydrogens is 162 g/mol. The van der Waals surface area contributed by atoms with Gasteiger partial charge in [-0.25, -0.2) is 0 Å². The normalized spacial score (nSPS) is 19.4. The molecule has 0 spiro atoms. The molecule has 2 heteroatoms. The first-order valence-electron chi connectivity index (χ1n) is 5.63. The van der Waals surface area contributed by atoms with Gasteiger partial charge in [0, 0.05) is 19.7 Å². The lowest BCUT2D eigenvalue weighted by Gasteiger charge is -2.28. The summed E-state index contributed by atoms with van der Waals surface area (Å²) >= 11 is 0. The SMILES string of the molecule is CC.CCCOC1CCN(C)CC1. The Hall–Kier alpha value is -0.0800. The van der Waals surface area contributed by atoms with E-state index in [1.807, 2.05) is 13.8 Å². The Morgan fingerprint density at radius 1 is 1.23 bits per heavy atom. The Kier molecular flexibility index (Phi) is 8.46. The average molecular weight is 187 g/mol. The van der Waals surface area contributed by atoms with E-state index < -0.39 is 0 Å². The first-order valence-corrected chi connectivity index (χ1v) is 5.63. The highest BCUT2D eigenvalue weighted by Crippen LogP contribution is 2.11. The Labute approximate surface area is 83.3 Å². The lowest BCUT2D eigenvalue weighted by atomic mass is 10.1. The molecule has 0 aliphatic carbocycles. The average Bonchev–Trinajstić information content (AvgIpc) is 2.20. The number of hydrogen-bond acceptors (Lipinski definition) is 2. The molecule has 0 bridgehead atoms. The molecule has 1 fully saturated rings. The van der Waals surface area contributed by atoms with Crippen molar-refractivity contribution in [3.63, 3.8) is 0 Å². The fraction of sp³-hybridized carbons (Fsp3) is 1.00. The predicted molar refractivity (Wildman–Crippen MR) is 58.1 cm³/mol. The van der Waals surface area contributed by atoms with Gasteiger partial charge in [0.25, 0.3) is 0 Å². The summed E-state index contributed by atoms with van der Waals surface area (Å²) in [4.78, 5) is 2.37. The van der Waals surface area contributed by atoms with E-state index in [2.05, 4.69) is 18.9 Å². The largest absolute Gasteiger partial charge is 0.378 e. The minimum absolute atomic E-state index is 0.547. The molecule has 0 aromatic heterocycles. The second kappa shape index (κ2) is 8.52. The smallest absolute Gasteiger partial charge is 0.0599 e. The van der Waals surface area contributed by atoms with Crippen molar-refractivity contribution >= 4 is 0 Å². The first-order chi connectivity index (χ1) is 6.33. The number of hydrogen-bond donors (Lipinski definition) is 0. The van der Waals surface area contributed by atoms with E-state index in [-0.39, 0.29) is 0 Å². The van der Waals surface area contributed by atoms with Crippen LogP contribution in [0.3, 0.4) is 0 Å². The van der Waals surface area contributed by atoms with Gasteiger partial charge in [-0.2, -0.15) is 0 Å². The standard InChI is InChI=1S/C9H19NO.C2H6/c1-3-8-11-9-4-6-10(2)7-5-9;1-2/h9H,3-8H2,1-2H3;1-2H3. The summed E-state index contributed by atoms with van der Waals surface area (Å²) in [7, 11) is 2.18. The monoisotopic (exact) mass is 187 g/mol. The molecule has 80 valence electrons. The summed E-state index contributed by atoms with van der Waals surface area (Å²) < 4.78 is 5.65. The quantitative estimate of drug-likeness (QED) is 0.673. The maximum Gasteiger partial charge on any atom is 0.0599 e. The fourth-order valence-electron chi connectivity index (χ4n) is 1.44. The van der Waals surface area contributed by atoms with Crippen molar-refractivity contribution in [2.24, 2.45) is 0 Å². The van der Waals surface area contributed by atoms with Crippen LogP contribution in [0.4, 0.5) is 0 Å². The van der Waals surface area contributed by atoms with Crippen LogP contribution in [-0.2, 0) is 4.74 Å². The molecule has 0 N–H and O–H groups in total. The second-order valence-electron chi connectivity index (χ2n) is 3.37. The first kappa shape index (κ1) is 12.9. The Morgan fingerprint density at radius 2 is 1.77 bits per heavy atom. The molecule has 0 unspecified atom stereocenters. The minimum Gasteiger partial charge on any atom is -0.378 e. The van der Waals surface area contributed by atoms with Crippen molar-refractivity contribution < 1.29 is 4.74 Å². The van der Waals surface area contributed by atoms with Crippen LogP contribution < -0.4 is 0 Å². The van der Waals surface area contributed by atoms with E-state index in [1.54, 1.807) is 0 Å². The highest BCUT2D eigenvalue weighted by atomic mass is 16.5. The van der Waals surface area contributed by atoms with Gasteiger partial charge in [-0.05, 0) is 26.3 Å². The zero-order chi connectivity index (χ0) is 10.1. The molecule has 0 saturated carbocycles. The molecule has 1 saturated heterocycles. The van der Waals surface area contributed by atoms with E-state index in [0.717, 1.165) is 13.0 Å². The molecule has 0 amide bonds. The highest BCUT2D eigenvalue weighted by Gasteiger charge is 2.15. The van der Waals surface area contributed by atoms with Gasteiger partial charge >= 0.3 is 0 Å². The number of piperidine rings is 1. The minimum atomic E-state index is 0.547. The number of ether oxygens (including phenoxy) is 1. The molecule has 0 aromatic rings. The predicted octanol–water partition coefficient (Wildman–Crippen LogP) is 2.53. The molecule has 0 aromatic carbocycles. The van der Waals surface area contributed by atoms with E-state index >= 15 is 0 Å². The lowest BCUT2D eigenvalue weighted by Crippen LogP contribution is -2.34. The molecule has 0 radical (unpaired) electrons. The van der Waals surface area contributed by atoms with Gasteiger partial charge in [-0.1, -0.05) is 20.8 Å². The Morgan fingerprint density at radius 3 is 2.23 bits per heavy atom. The van der Waals surface area contributed by atoms with Crippen molar-refractivity contribution in [1.29, 1.82) is 0 Å². The highest BCUT2D eigenvalue weighted by molar-refractivity contribution is 4.69. The van der Waals surface area contributed by atoms with Gasteiger partial charge in [-0.15, -0.1) is 0 Å². The van der Waals surface area contributed by atoms with Gasteiger partial charge in [0.1, 0.15) is 0 Å². The zero-order valence-corrected chi connectivity index (χ0v) is 9.68. The lowest BCUT2D eigenvalue weighted by molar-refractivity contribution is 0.0129. The topological polar surface area (TPSA) is 12.5 Å². The molecular formula is C11H25NO. The third-order valence-electron chi connectivity index (χ3n) is 2.22. The van der Waals surface area contributed by atoms with Crippen LogP contribution in [-0.4, -0.2) is 37.7 Å². The van der Waals surface area contributed by atoms with Gasteiger partial charge in [0.05, 0.1) is 6.10 Å². The Bertz CT molecular complexity index is 95.5. The van der Waals surface area contributed by atoms with Crippen LogP contribution >= 0.6 is 0 Å². The van der Waals surface area contributed by atoms with Crippen LogP contribution in [0.5, 0.6) is 0 Å². The van der Waals surface area contributed by atoms with Crippen LogP contribution in [0.1, 0.15) is 40.0 Å². The Balaban J connectivity index is 0.000000671. The van der Waals surface area contributed by atoms with Crippen LogP contribution in [0.25, 0.3) is 0 Å². The van der Waals surface area contributed by atoms with Gasteiger partial charge in [0.2, 0.25) is 0 Å². The van der Waals surface area contributed by atoms with Crippen molar-refractivity contribution in [2.75, 3.05) is 26.7 Å². The third-order valence-corrected chi connectivity index (χ3v) is 2.22. The molecule has 0 atom stereocenters. The summed E-state index contributed by atoms with van der Waals surface area (Å²) in [6, 6.07) is 0. The van der Waals surface area contributed by atoms with E-state index in [0.29, 0.717) is 6.10 Å². The number of likely N-dealkylation sites (tertiary alicyclic amines) is 1. The summed E-state index contributed by atoms with van der Waals surface area (Å²) in [6.45, 7) is 9.51. The van der Waals surface area contributed by atoms with E-state index in [4.69, 9.17) is 4.74 Å². The summed E-state index contributed by atoms with van der Waals surface area (Å²) in [6.07, 6.45) is 4.13. The van der Waals surface area contributed by atoms with Crippen LogP contribution in [0, 0.1) is 0 Å². The summed E-state index contributed by atoms with van der Waals surface area (Å²) in [5, 5.41) is 0. The maximum absolute atomic E-state index is 5.65. The van der Waals surface area contributed by atoms with Crippen molar-refractivity contribution in [2.45, 2.75) is 46.1 Å². The molecule has 1 aliphatic heterocycles. The van der Waals surface area contributed by atoms with Gasteiger partial charge in [0.15, 0.2) is 0 Å². The molecule has 1 aliphatic rings.